The SMILES string of the molecule is COc1c(Nc2cc(C)[nH]n2)nc(Sc2ccc(CC(C)=O)cc2)nc1N1CCN(C(=N)N)CC1. The van der Waals surface area contributed by atoms with Gasteiger partial charge in [-0.2, -0.15) is 5.10 Å². The number of nitrogens with one attached hydrogen (secondary N) is 3. The minimum Gasteiger partial charge on any atom is -0.490 e. The fourth-order valence-electron chi connectivity index (χ4n) is 3.78. The van der Waals surface area contributed by atoms with Crippen LogP contribution in [0, 0.1) is 12.3 Å². The lowest BCUT2D eigenvalue weighted by Gasteiger charge is -2.36. The third-order valence-electron chi connectivity index (χ3n) is 5.49. The number of hydrogen-bond acceptors (Lipinski definition) is 9. The molecule has 11 nitrogen and oxygen atoms in total. The number of aryl methyl sites for hydroxylation is 1. The largest absolute Gasteiger partial charge is 0.490 e. The number of carbonyl (C=O) groups is 1. The lowest BCUT2D eigenvalue weighted by atomic mass is 10.1. The van der Waals surface area contributed by atoms with Gasteiger partial charge in [-0.15, -0.1) is 0 Å². The Bertz CT molecular complexity index is 1200. The highest BCUT2D eigenvalue weighted by Gasteiger charge is 2.25. The first kappa shape index (κ1) is 24.3. The van der Waals surface area contributed by atoms with E-state index in [2.05, 4.69) is 20.4 Å². The van der Waals surface area contributed by atoms with Crippen LogP contribution in [-0.4, -0.2) is 70.1 Å². The molecular weight excluding hydrogens is 466 g/mol. The summed E-state index contributed by atoms with van der Waals surface area (Å²) in [5.41, 5.74) is 7.55. The monoisotopic (exact) mass is 495 g/mol. The quantitative estimate of drug-likeness (QED) is 0.209. The Morgan fingerprint density at radius 1 is 1.23 bits per heavy atom. The van der Waals surface area contributed by atoms with E-state index in [1.54, 1.807) is 14.0 Å². The number of piperazine rings is 1. The second kappa shape index (κ2) is 10.6. The topological polar surface area (TPSA) is 149 Å². The van der Waals surface area contributed by atoms with Gasteiger partial charge >= 0.3 is 0 Å². The van der Waals surface area contributed by atoms with E-state index in [1.807, 2.05) is 42.2 Å². The standard InChI is InChI=1S/C23H29N9O2S/c1-14-12-18(30-29-14)26-20-19(34-3)21(31-8-10-32(11-9-31)22(24)25)28-23(27-20)35-17-6-4-16(5-7-17)13-15(2)33/h4-7,12H,8-11,13H2,1-3H3,(H3,24,25)(H2,26,27,28,29,30). The van der Waals surface area contributed by atoms with Crippen molar-refractivity contribution in [2.24, 2.45) is 5.73 Å². The molecule has 35 heavy (non-hydrogen) atoms. The van der Waals surface area contributed by atoms with E-state index in [4.69, 9.17) is 25.8 Å². The average Bonchev–Trinajstić information content (AvgIpc) is 3.24. The maximum atomic E-state index is 11.4. The molecule has 0 bridgehead atoms. The van der Waals surface area contributed by atoms with Crippen molar-refractivity contribution in [3.63, 3.8) is 0 Å². The van der Waals surface area contributed by atoms with Gasteiger partial charge in [-0.1, -0.05) is 12.1 Å². The summed E-state index contributed by atoms with van der Waals surface area (Å²) in [6.45, 7) is 6.01. The zero-order valence-electron chi connectivity index (χ0n) is 20.0. The van der Waals surface area contributed by atoms with Gasteiger partial charge in [-0.05, 0) is 43.3 Å². The zero-order chi connectivity index (χ0) is 24.9. The number of ketones is 1. The van der Waals surface area contributed by atoms with Crippen molar-refractivity contribution >= 4 is 41.0 Å². The van der Waals surface area contributed by atoms with Gasteiger partial charge in [0, 0.05) is 49.3 Å². The molecule has 12 heteroatoms. The molecule has 184 valence electrons. The molecule has 0 unspecified atom stereocenters. The van der Waals surface area contributed by atoms with Crippen molar-refractivity contribution in [2.75, 3.05) is 43.5 Å². The number of nitrogens with zero attached hydrogens (tertiary/aromatic N) is 5. The third-order valence-corrected chi connectivity index (χ3v) is 6.36. The number of carbonyl (C=O) groups excluding carboxylic acids is 1. The molecule has 0 aliphatic carbocycles. The molecule has 1 aromatic carbocycles. The molecule has 0 amide bonds. The van der Waals surface area contributed by atoms with Gasteiger partial charge in [0.2, 0.25) is 5.75 Å². The summed E-state index contributed by atoms with van der Waals surface area (Å²) in [5.74, 6) is 2.51. The van der Waals surface area contributed by atoms with E-state index in [0.29, 0.717) is 61.0 Å². The van der Waals surface area contributed by atoms with E-state index in [-0.39, 0.29) is 11.7 Å². The van der Waals surface area contributed by atoms with Crippen LogP contribution in [0.3, 0.4) is 0 Å². The van der Waals surface area contributed by atoms with E-state index in [0.717, 1.165) is 16.2 Å². The number of anilines is 3. The Kier molecular flexibility index (Phi) is 7.39. The maximum Gasteiger partial charge on any atom is 0.204 e. The molecule has 1 aliphatic rings. The van der Waals surface area contributed by atoms with Gasteiger partial charge in [0.25, 0.3) is 0 Å². The van der Waals surface area contributed by atoms with Crippen LogP contribution in [0.15, 0.2) is 40.4 Å². The minimum atomic E-state index is 0.0695. The van der Waals surface area contributed by atoms with Gasteiger partial charge in [0.05, 0.1) is 7.11 Å². The van der Waals surface area contributed by atoms with Crippen LogP contribution in [0.1, 0.15) is 18.2 Å². The van der Waals surface area contributed by atoms with Gasteiger partial charge in [0.1, 0.15) is 5.78 Å². The van der Waals surface area contributed by atoms with Gasteiger partial charge in [-0.3, -0.25) is 15.3 Å². The van der Waals surface area contributed by atoms with E-state index >= 15 is 0 Å². The molecule has 1 aliphatic heterocycles. The number of benzene rings is 1. The fourth-order valence-corrected chi connectivity index (χ4v) is 4.53. The molecule has 1 fully saturated rings. The number of rotatable bonds is 8. The summed E-state index contributed by atoms with van der Waals surface area (Å²) in [6, 6.07) is 9.70. The summed E-state index contributed by atoms with van der Waals surface area (Å²) < 4.78 is 5.75. The van der Waals surface area contributed by atoms with Crippen LogP contribution < -0.4 is 20.7 Å². The van der Waals surface area contributed by atoms with Gasteiger partial charge in [-0.25, -0.2) is 9.97 Å². The lowest BCUT2D eigenvalue weighted by molar-refractivity contribution is -0.116. The fraction of sp³-hybridized carbons (Fsp3) is 0.348. The molecular formula is C23H29N9O2S. The van der Waals surface area contributed by atoms with E-state index < -0.39 is 0 Å². The molecule has 2 aromatic heterocycles. The highest BCUT2D eigenvalue weighted by Crippen LogP contribution is 2.38. The molecule has 3 aromatic rings. The van der Waals surface area contributed by atoms with Crippen LogP contribution in [0.5, 0.6) is 5.75 Å². The molecule has 4 rings (SSSR count). The zero-order valence-corrected chi connectivity index (χ0v) is 20.8. The number of Topliss-reactive ketones (excluding diaryl/α,β-unsaturated/α-hetero) is 1. The first-order chi connectivity index (χ1) is 16.8. The number of aromatic amines is 1. The predicted octanol–water partition coefficient (Wildman–Crippen LogP) is 2.56. The Labute approximate surface area is 208 Å². The third kappa shape index (κ3) is 6.01. The Morgan fingerprint density at radius 2 is 1.94 bits per heavy atom. The summed E-state index contributed by atoms with van der Waals surface area (Å²) in [6.07, 6.45) is 0.414. The number of methoxy groups -OCH3 is 1. The smallest absolute Gasteiger partial charge is 0.204 e. The predicted molar refractivity (Wildman–Crippen MR) is 136 cm³/mol. The number of ether oxygens (including phenoxy) is 1. The first-order valence-corrected chi connectivity index (χ1v) is 12.0. The summed E-state index contributed by atoms with van der Waals surface area (Å²) in [5, 5.41) is 18.7. The van der Waals surface area contributed by atoms with Gasteiger partial charge in [0.15, 0.2) is 28.6 Å². The molecule has 0 spiro atoms. The number of guanidine groups is 1. The normalized spacial score (nSPS) is 13.6. The Balaban J connectivity index is 1.66. The first-order valence-electron chi connectivity index (χ1n) is 11.2. The summed E-state index contributed by atoms with van der Waals surface area (Å²) >= 11 is 1.43. The lowest BCUT2D eigenvalue weighted by Crippen LogP contribution is -2.51. The Morgan fingerprint density at radius 3 is 2.51 bits per heavy atom. The average molecular weight is 496 g/mol. The van der Waals surface area contributed by atoms with Crippen LogP contribution in [0.4, 0.5) is 17.5 Å². The second-order valence-electron chi connectivity index (χ2n) is 8.26. The van der Waals surface area contributed by atoms with Crippen LogP contribution in [0.25, 0.3) is 0 Å². The number of hydrogen-bond donors (Lipinski definition) is 4. The second-order valence-corrected chi connectivity index (χ2v) is 9.30. The number of nitrogens with two attached hydrogens (primary N) is 1. The molecule has 0 radical (unpaired) electrons. The summed E-state index contributed by atoms with van der Waals surface area (Å²) in [7, 11) is 1.59. The maximum absolute atomic E-state index is 11.4. The summed E-state index contributed by atoms with van der Waals surface area (Å²) in [4.78, 5) is 25.9. The molecule has 0 saturated carbocycles. The highest BCUT2D eigenvalue weighted by molar-refractivity contribution is 7.99. The molecule has 0 atom stereocenters. The van der Waals surface area contributed by atoms with Crippen molar-refractivity contribution in [2.45, 2.75) is 30.3 Å². The van der Waals surface area contributed by atoms with Crippen LogP contribution in [-0.2, 0) is 11.2 Å². The number of H-pyrrole nitrogens is 1. The van der Waals surface area contributed by atoms with Gasteiger partial charge < -0.3 is 25.6 Å². The van der Waals surface area contributed by atoms with Crippen molar-refractivity contribution in [3.8, 4) is 5.75 Å². The Hall–Kier alpha value is -3.80. The molecule has 5 N–H and O–H groups in total. The molecule has 3 heterocycles. The van der Waals surface area contributed by atoms with Crippen LogP contribution >= 0.6 is 11.8 Å². The molecule has 1 saturated heterocycles. The highest BCUT2D eigenvalue weighted by atomic mass is 32.2. The minimum absolute atomic E-state index is 0.0695. The number of aromatic nitrogens is 4. The van der Waals surface area contributed by atoms with Crippen molar-refractivity contribution in [1.29, 1.82) is 5.41 Å². The van der Waals surface area contributed by atoms with E-state index in [9.17, 15) is 4.79 Å². The van der Waals surface area contributed by atoms with E-state index in [1.165, 1.54) is 11.8 Å². The van der Waals surface area contributed by atoms with Crippen molar-refractivity contribution < 1.29 is 9.53 Å². The van der Waals surface area contributed by atoms with Crippen molar-refractivity contribution in [3.05, 3.63) is 41.6 Å². The van der Waals surface area contributed by atoms with Crippen LogP contribution in [0.2, 0.25) is 0 Å². The van der Waals surface area contributed by atoms with Crippen molar-refractivity contribution in [1.82, 2.24) is 25.1 Å².